The van der Waals surface area contributed by atoms with Gasteiger partial charge in [0.25, 0.3) is 11.8 Å². The second-order valence-corrected chi connectivity index (χ2v) is 10.3. The number of alkyl halides is 3. The molecule has 3 aromatic rings. The first-order valence-corrected chi connectivity index (χ1v) is 13.2. The third-order valence-corrected chi connectivity index (χ3v) is 7.41. The van der Waals surface area contributed by atoms with Crippen molar-refractivity contribution in [2.45, 2.75) is 56.8 Å². The maximum Gasteiger partial charge on any atom is 0.433 e. The molecule has 0 spiro atoms. The van der Waals surface area contributed by atoms with Gasteiger partial charge in [-0.05, 0) is 68.5 Å². The third kappa shape index (κ3) is 5.85. The molecule has 2 aliphatic rings. The normalized spacial score (nSPS) is 19.3. The van der Waals surface area contributed by atoms with Gasteiger partial charge >= 0.3 is 6.18 Å². The topological polar surface area (TPSA) is 91.4 Å². The fourth-order valence-electron chi connectivity index (χ4n) is 5.20. The van der Waals surface area contributed by atoms with Crippen LogP contribution in [0.4, 0.5) is 18.9 Å². The summed E-state index contributed by atoms with van der Waals surface area (Å²) in [7, 11) is 0. The van der Waals surface area contributed by atoms with E-state index in [1.54, 1.807) is 30.3 Å². The van der Waals surface area contributed by atoms with Gasteiger partial charge in [-0.25, -0.2) is 4.98 Å². The highest BCUT2D eigenvalue weighted by Crippen LogP contribution is 2.35. The smallest absolute Gasteiger partial charge is 0.382 e. The summed E-state index contributed by atoms with van der Waals surface area (Å²) in [5.74, 6) is -0.838. The van der Waals surface area contributed by atoms with Crippen molar-refractivity contribution in [1.82, 2.24) is 15.2 Å². The molecule has 0 saturated heterocycles. The molecule has 39 heavy (non-hydrogen) atoms. The molecule has 1 fully saturated rings. The van der Waals surface area contributed by atoms with Gasteiger partial charge in [0.15, 0.2) is 0 Å². The van der Waals surface area contributed by atoms with Gasteiger partial charge in [-0.2, -0.15) is 13.2 Å². The van der Waals surface area contributed by atoms with Gasteiger partial charge in [0.1, 0.15) is 5.69 Å². The van der Waals surface area contributed by atoms with E-state index in [1.165, 1.54) is 17.0 Å². The molecule has 1 aromatic heterocycles. The number of rotatable bonds is 7. The first-order chi connectivity index (χ1) is 18.6. The summed E-state index contributed by atoms with van der Waals surface area (Å²) in [5, 5.41) is 7.16. The Kier molecular flexibility index (Phi) is 7.48. The summed E-state index contributed by atoms with van der Waals surface area (Å²) in [6.45, 7) is 0.167. The molecule has 7 nitrogen and oxygen atoms in total. The molecule has 1 saturated carbocycles. The molecule has 3 amide bonds. The van der Waals surface area contributed by atoms with Crippen molar-refractivity contribution < 1.29 is 27.6 Å². The summed E-state index contributed by atoms with van der Waals surface area (Å²) >= 11 is 6.09. The molecule has 0 bridgehead atoms. The molecule has 5 rings (SSSR count). The lowest BCUT2D eigenvalue weighted by atomic mass is 9.90. The number of amides is 3. The van der Waals surface area contributed by atoms with Gasteiger partial charge in [-0.3, -0.25) is 19.3 Å². The molecule has 0 unspecified atom stereocenters. The van der Waals surface area contributed by atoms with Crippen LogP contribution in [-0.2, 0) is 11.0 Å². The second kappa shape index (κ2) is 10.8. The van der Waals surface area contributed by atoms with E-state index in [0.717, 1.165) is 6.07 Å². The number of carbonyl (C=O) groups excluding carboxylic acids is 3. The van der Waals surface area contributed by atoms with E-state index in [-0.39, 0.29) is 48.3 Å². The zero-order valence-corrected chi connectivity index (χ0v) is 21.6. The van der Waals surface area contributed by atoms with E-state index in [4.69, 9.17) is 11.6 Å². The Hall–Kier alpha value is -3.66. The minimum Gasteiger partial charge on any atom is -0.382 e. The van der Waals surface area contributed by atoms with E-state index in [0.29, 0.717) is 59.3 Å². The lowest BCUT2D eigenvalue weighted by molar-refractivity contribution is -0.140. The number of imide groups is 1. The number of halogens is 4. The Balaban J connectivity index is 1.12. The van der Waals surface area contributed by atoms with Crippen LogP contribution in [0.25, 0.3) is 10.9 Å². The van der Waals surface area contributed by atoms with Gasteiger partial charge in [-0.1, -0.05) is 23.7 Å². The minimum atomic E-state index is -4.58. The number of carbonyl (C=O) groups is 3. The van der Waals surface area contributed by atoms with Crippen LogP contribution >= 0.6 is 11.6 Å². The fraction of sp³-hybridized carbons (Fsp3) is 0.357. The van der Waals surface area contributed by atoms with E-state index in [1.807, 2.05) is 0 Å². The SMILES string of the molecule is O=C(CCCN1C(=O)c2ccccc2C1=O)N[C@H]1CC[C@@H](Nc2cc(C(F)(F)F)nc3ccc(Cl)cc23)CC1. The molecule has 2 heterocycles. The molecule has 1 aliphatic carbocycles. The van der Waals surface area contributed by atoms with Gasteiger partial charge in [0, 0.05) is 41.1 Å². The molecule has 2 aromatic carbocycles. The van der Waals surface area contributed by atoms with Crippen LogP contribution in [0.5, 0.6) is 0 Å². The van der Waals surface area contributed by atoms with E-state index < -0.39 is 11.9 Å². The molecular weight excluding hydrogens is 533 g/mol. The lowest BCUT2D eigenvalue weighted by Crippen LogP contribution is -2.40. The van der Waals surface area contributed by atoms with Crippen molar-refractivity contribution in [3.8, 4) is 0 Å². The number of aromatic nitrogens is 1. The maximum atomic E-state index is 13.4. The summed E-state index contributed by atoms with van der Waals surface area (Å²) < 4.78 is 40.2. The molecular formula is C28H26ClF3N4O3. The first kappa shape index (κ1) is 26.9. The number of nitrogens with one attached hydrogen (secondary N) is 2. The van der Waals surface area contributed by atoms with E-state index in [9.17, 15) is 27.6 Å². The van der Waals surface area contributed by atoms with Gasteiger partial charge < -0.3 is 10.6 Å². The van der Waals surface area contributed by atoms with Gasteiger partial charge in [-0.15, -0.1) is 0 Å². The van der Waals surface area contributed by atoms with Crippen molar-refractivity contribution in [3.63, 3.8) is 0 Å². The number of anilines is 1. The van der Waals surface area contributed by atoms with Crippen LogP contribution in [0.15, 0.2) is 48.5 Å². The number of hydrogen-bond acceptors (Lipinski definition) is 5. The zero-order valence-electron chi connectivity index (χ0n) is 20.9. The highest BCUT2D eigenvalue weighted by Gasteiger charge is 2.35. The maximum absolute atomic E-state index is 13.4. The minimum absolute atomic E-state index is 0.0516. The van der Waals surface area contributed by atoms with E-state index >= 15 is 0 Å². The Morgan fingerprint density at radius 3 is 2.26 bits per heavy atom. The molecule has 2 N–H and O–H groups in total. The van der Waals surface area contributed by atoms with Crippen LogP contribution < -0.4 is 10.6 Å². The molecule has 204 valence electrons. The average molecular weight is 559 g/mol. The summed E-state index contributed by atoms with van der Waals surface area (Å²) in [6.07, 6.45) is -1.40. The second-order valence-electron chi connectivity index (χ2n) is 9.89. The Morgan fingerprint density at radius 2 is 1.62 bits per heavy atom. The van der Waals surface area contributed by atoms with Gasteiger partial charge in [0.05, 0.1) is 16.6 Å². The molecule has 11 heteroatoms. The Bertz CT molecular complexity index is 1400. The summed E-state index contributed by atoms with van der Waals surface area (Å²) in [4.78, 5) is 42.3. The lowest BCUT2D eigenvalue weighted by Gasteiger charge is -2.31. The van der Waals surface area contributed by atoms with Crippen LogP contribution in [0, 0.1) is 0 Å². The number of pyridine rings is 1. The van der Waals surface area contributed by atoms with Crippen LogP contribution in [0.1, 0.15) is 64.9 Å². The van der Waals surface area contributed by atoms with Crippen molar-refractivity contribution in [1.29, 1.82) is 0 Å². The molecule has 1 aliphatic heterocycles. The quantitative estimate of drug-likeness (QED) is 0.356. The monoisotopic (exact) mass is 558 g/mol. The van der Waals surface area contributed by atoms with Crippen LogP contribution in [-0.4, -0.2) is 46.2 Å². The highest BCUT2D eigenvalue weighted by molar-refractivity contribution is 6.31. The average Bonchev–Trinajstić information content (AvgIpc) is 3.14. The van der Waals surface area contributed by atoms with Gasteiger partial charge in [0.2, 0.25) is 5.91 Å². The number of hydrogen-bond donors (Lipinski definition) is 2. The summed E-state index contributed by atoms with van der Waals surface area (Å²) in [6, 6.07) is 12.1. The van der Waals surface area contributed by atoms with Crippen molar-refractivity contribution in [2.24, 2.45) is 0 Å². The Labute approximate surface area is 227 Å². The number of benzene rings is 2. The van der Waals surface area contributed by atoms with Crippen LogP contribution in [0.3, 0.4) is 0 Å². The zero-order chi connectivity index (χ0) is 27.7. The van der Waals surface area contributed by atoms with E-state index in [2.05, 4.69) is 15.6 Å². The molecule has 0 atom stereocenters. The highest BCUT2D eigenvalue weighted by atomic mass is 35.5. The third-order valence-electron chi connectivity index (χ3n) is 7.18. The van der Waals surface area contributed by atoms with Crippen molar-refractivity contribution in [3.05, 3.63) is 70.4 Å². The predicted octanol–water partition coefficient (Wildman–Crippen LogP) is 5.82. The largest absolute Gasteiger partial charge is 0.433 e. The fourth-order valence-corrected chi connectivity index (χ4v) is 5.38. The Morgan fingerprint density at radius 1 is 0.974 bits per heavy atom. The van der Waals surface area contributed by atoms with Crippen LogP contribution in [0.2, 0.25) is 5.02 Å². The van der Waals surface area contributed by atoms with Crippen molar-refractivity contribution in [2.75, 3.05) is 11.9 Å². The first-order valence-electron chi connectivity index (χ1n) is 12.8. The number of fused-ring (bicyclic) bond motifs is 2. The van der Waals surface area contributed by atoms with Crippen molar-refractivity contribution >= 4 is 45.9 Å². The standard InChI is InChI=1S/C28H26ClF3N4O3/c29-16-7-12-22-21(14-16)23(15-24(35-22)28(30,31)32)33-17-8-10-18(11-9-17)34-25(37)6-3-13-36-26(38)19-4-1-2-5-20(19)27(36)39/h1-2,4-5,7,12,14-15,17-18H,3,6,8-11,13H2,(H,33,35)(H,34,37)/t17-,18+. The predicted molar refractivity (Wildman–Crippen MR) is 141 cm³/mol. The number of nitrogens with zero attached hydrogens (tertiary/aromatic N) is 2. The molecule has 0 radical (unpaired) electrons. The summed E-state index contributed by atoms with van der Waals surface area (Å²) in [5.41, 5.74) is 0.334.